The summed E-state index contributed by atoms with van der Waals surface area (Å²) < 4.78 is 121. The number of halogens is 9. The van der Waals surface area contributed by atoms with Crippen molar-refractivity contribution >= 4 is 5.95 Å². The van der Waals surface area contributed by atoms with Gasteiger partial charge in [-0.15, -0.1) is 5.10 Å². The van der Waals surface area contributed by atoms with Crippen LogP contribution in [0.5, 0.6) is 0 Å². The van der Waals surface area contributed by atoms with Gasteiger partial charge in [-0.05, 0) is 71.0 Å². The Morgan fingerprint density at radius 2 is 1.36 bits per heavy atom. The van der Waals surface area contributed by atoms with Crippen molar-refractivity contribution in [1.29, 1.82) is 0 Å². The Morgan fingerprint density at radius 1 is 0.769 bits per heavy atom. The topological polar surface area (TPSA) is 46.8 Å². The summed E-state index contributed by atoms with van der Waals surface area (Å²) in [5.74, 6) is -0.187. The Balaban J connectivity index is 1.79. The molecule has 1 saturated carbocycles. The molecule has 0 amide bonds. The minimum Gasteiger partial charge on any atom is -0.330 e. The summed E-state index contributed by atoms with van der Waals surface area (Å²) >= 11 is 0. The molecule has 2 aromatic carbocycles. The maximum atomic E-state index is 13.6. The second-order valence-electron chi connectivity index (χ2n) is 9.60. The van der Waals surface area contributed by atoms with Gasteiger partial charge < -0.3 is 4.90 Å². The van der Waals surface area contributed by atoms with Gasteiger partial charge in [0.1, 0.15) is 0 Å². The fourth-order valence-corrected chi connectivity index (χ4v) is 4.87. The second kappa shape index (κ2) is 10.7. The van der Waals surface area contributed by atoms with Gasteiger partial charge in [0.2, 0.25) is 0 Å². The van der Waals surface area contributed by atoms with Crippen LogP contribution in [-0.2, 0) is 38.7 Å². The molecule has 0 unspecified atom stereocenters. The van der Waals surface area contributed by atoms with Crippen LogP contribution in [0.3, 0.4) is 0 Å². The molecule has 3 aromatic rings. The number of hydrogen-bond donors (Lipinski definition) is 0. The van der Waals surface area contributed by atoms with E-state index in [9.17, 15) is 39.5 Å². The molecule has 0 atom stereocenters. The van der Waals surface area contributed by atoms with Crippen LogP contribution in [0.15, 0.2) is 36.4 Å². The first-order valence-electron chi connectivity index (χ1n) is 12.1. The van der Waals surface area contributed by atoms with Crippen molar-refractivity contribution in [1.82, 2.24) is 20.2 Å². The van der Waals surface area contributed by atoms with Crippen molar-refractivity contribution in [2.45, 2.75) is 69.6 Å². The summed E-state index contributed by atoms with van der Waals surface area (Å²) in [7, 11) is 1.40. The Labute approximate surface area is 217 Å². The lowest BCUT2D eigenvalue weighted by Gasteiger charge is -2.28. The molecule has 0 radical (unpaired) electrons. The Bertz CT molecular complexity index is 1260. The lowest BCUT2D eigenvalue weighted by Crippen LogP contribution is -2.26. The van der Waals surface area contributed by atoms with Gasteiger partial charge in [-0.3, -0.25) is 0 Å². The zero-order chi connectivity index (χ0) is 28.6. The maximum absolute atomic E-state index is 13.6. The molecular formula is C25H24F9N5. The van der Waals surface area contributed by atoms with Gasteiger partial charge in [-0.2, -0.15) is 44.3 Å². The van der Waals surface area contributed by atoms with E-state index in [4.69, 9.17) is 0 Å². The predicted octanol–water partition coefficient (Wildman–Crippen LogP) is 7.52. The van der Waals surface area contributed by atoms with E-state index in [1.165, 1.54) is 18.0 Å². The zero-order valence-corrected chi connectivity index (χ0v) is 20.6. The smallest absolute Gasteiger partial charge is 0.330 e. The largest absolute Gasteiger partial charge is 0.416 e. The van der Waals surface area contributed by atoms with E-state index in [0.29, 0.717) is 17.7 Å². The fraction of sp³-hybridized carbons (Fsp3) is 0.480. The molecule has 14 heteroatoms. The summed E-state index contributed by atoms with van der Waals surface area (Å²) in [4.78, 5) is 2.26. The Hall–Kier alpha value is -3.32. The molecular weight excluding hydrogens is 541 g/mol. The van der Waals surface area contributed by atoms with Crippen LogP contribution in [-0.4, -0.2) is 20.2 Å². The van der Waals surface area contributed by atoms with Crippen molar-refractivity contribution < 1.29 is 39.5 Å². The number of alkyl halides is 9. The molecule has 1 aromatic heterocycles. The highest BCUT2D eigenvalue weighted by molar-refractivity contribution is 5.42. The highest BCUT2D eigenvalue weighted by Crippen LogP contribution is 2.39. The van der Waals surface area contributed by atoms with Gasteiger partial charge >= 0.3 is 18.5 Å². The molecule has 1 heterocycles. The van der Waals surface area contributed by atoms with Crippen molar-refractivity contribution in [2.24, 2.45) is 7.05 Å². The van der Waals surface area contributed by atoms with E-state index >= 15 is 0 Å². The van der Waals surface area contributed by atoms with Crippen molar-refractivity contribution in [3.05, 3.63) is 69.8 Å². The molecule has 4 rings (SSSR count). The molecule has 39 heavy (non-hydrogen) atoms. The summed E-state index contributed by atoms with van der Waals surface area (Å²) in [6.07, 6.45) is -10.5. The van der Waals surface area contributed by atoms with Gasteiger partial charge in [0.15, 0.2) is 0 Å². The maximum Gasteiger partial charge on any atom is 0.416 e. The first-order chi connectivity index (χ1) is 18.1. The highest BCUT2D eigenvalue weighted by atomic mass is 19.4. The molecule has 0 aliphatic heterocycles. The molecule has 5 nitrogen and oxygen atoms in total. The lowest BCUT2D eigenvalue weighted by molar-refractivity contribution is -0.143. The van der Waals surface area contributed by atoms with Crippen LogP contribution in [0.25, 0.3) is 0 Å². The Morgan fingerprint density at radius 3 is 1.87 bits per heavy atom. The van der Waals surface area contributed by atoms with Gasteiger partial charge in [0, 0.05) is 13.1 Å². The van der Waals surface area contributed by atoms with Crippen LogP contribution in [0.1, 0.15) is 71.4 Å². The minimum absolute atomic E-state index is 0.0163. The number of rotatable bonds is 6. The SMILES string of the molecule is Cn1nnc(N(Cc2cc(C(F)(F)F)cc(C(F)(F)F)c2)Cc2cc(C(F)(F)F)ccc2C2CCCCC2)n1. The first kappa shape index (κ1) is 28.7. The average Bonchev–Trinajstić information content (AvgIpc) is 3.28. The van der Waals surface area contributed by atoms with Crippen LogP contribution >= 0.6 is 0 Å². The summed E-state index contributed by atoms with van der Waals surface area (Å²) in [6, 6.07) is 4.53. The minimum atomic E-state index is -5.05. The van der Waals surface area contributed by atoms with Gasteiger partial charge in [-0.1, -0.05) is 30.4 Å². The van der Waals surface area contributed by atoms with Gasteiger partial charge in [-0.25, -0.2) is 0 Å². The van der Waals surface area contributed by atoms with Gasteiger partial charge in [0.25, 0.3) is 5.95 Å². The van der Waals surface area contributed by atoms with Crippen molar-refractivity contribution in [2.75, 3.05) is 4.90 Å². The first-order valence-corrected chi connectivity index (χ1v) is 12.1. The molecule has 1 aliphatic rings. The van der Waals surface area contributed by atoms with E-state index < -0.39 is 41.8 Å². The van der Waals surface area contributed by atoms with E-state index in [-0.39, 0.29) is 35.6 Å². The summed E-state index contributed by atoms with van der Waals surface area (Å²) in [5.41, 5.74) is -3.38. The van der Waals surface area contributed by atoms with E-state index in [1.54, 1.807) is 0 Å². The third kappa shape index (κ3) is 7.01. The normalized spacial score (nSPS) is 15.5. The second-order valence-corrected chi connectivity index (χ2v) is 9.60. The van der Waals surface area contributed by atoms with Crippen LogP contribution < -0.4 is 4.90 Å². The van der Waals surface area contributed by atoms with E-state index in [1.807, 2.05) is 0 Å². The number of anilines is 1. The standard InChI is InChI=1S/C25H24F9N5/c1-38-36-22(35-37-38)39(13-15-9-19(24(29,30)31)12-20(10-15)25(32,33)34)14-17-11-18(23(26,27)28)7-8-21(17)16-5-3-2-4-6-16/h7-12,16H,2-6,13-14H2,1H3. The quantitative estimate of drug-likeness (QED) is 0.290. The number of aromatic nitrogens is 4. The number of benzene rings is 2. The van der Waals surface area contributed by atoms with Gasteiger partial charge in [0.05, 0.1) is 23.7 Å². The molecule has 0 bridgehead atoms. The zero-order valence-electron chi connectivity index (χ0n) is 20.6. The molecule has 212 valence electrons. The third-order valence-electron chi connectivity index (χ3n) is 6.68. The molecule has 0 spiro atoms. The number of hydrogen-bond acceptors (Lipinski definition) is 4. The molecule has 1 aliphatic carbocycles. The van der Waals surface area contributed by atoms with Crippen LogP contribution in [0, 0.1) is 0 Å². The molecule has 0 N–H and O–H groups in total. The van der Waals surface area contributed by atoms with E-state index in [2.05, 4.69) is 15.4 Å². The number of nitrogens with zero attached hydrogens (tertiary/aromatic N) is 5. The van der Waals surface area contributed by atoms with Crippen LogP contribution in [0.2, 0.25) is 0 Å². The van der Waals surface area contributed by atoms with Crippen molar-refractivity contribution in [3.63, 3.8) is 0 Å². The third-order valence-corrected chi connectivity index (χ3v) is 6.68. The van der Waals surface area contributed by atoms with Crippen LogP contribution in [0.4, 0.5) is 45.5 Å². The number of aryl methyl sites for hydroxylation is 1. The molecule has 1 fully saturated rings. The monoisotopic (exact) mass is 565 g/mol. The fourth-order valence-electron chi connectivity index (χ4n) is 4.87. The van der Waals surface area contributed by atoms with Crippen molar-refractivity contribution in [3.8, 4) is 0 Å². The predicted molar refractivity (Wildman–Crippen MR) is 122 cm³/mol. The molecule has 0 saturated heterocycles. The Kier molecular flexibility index (Phi) is 7.86. The number of tetrazole rings is 1. The summed E-state index contributed by atoms with van der Waals surface area (Å²) in [6.45, 7) is -0.835. The highest BCUT2D eigenvalue weighted by Gasteiger charge is 2.37. The van der Waals surface area contributed by atoms with E-state index in [0.717, 1.165) is 49.0 Å². The lowest BCUT2D eigenvalue weighted by atomic mass is 9.81. The average molecular weight is 565 g/mol. The summed E-state index contributed by atoms with van der Waals surface area (Å²) in [5, 5.41) is 11.5.